The minimum atomic E-state index is -0.187. The molecule has 2 rings (SSSR count). The zero-order valence-electron chi connectivity index (χ0n) is 12.2. The second-order valence-electron chi connectivity index (χ2n) is 5.26. The van der Waals surface area contributed by atoms with Crippen LogP contribution in [-0.4, -0.2) is 48.2 Å². The van der Waals surface area contributed by atoms with E-state index in [4.69, 9.17) is 4.74 Å². The van der Waals surface area contributed by atoms with E-state index in [1.807, 2.05) is 0 Å². The number of carbonyl (C=O) groups is 1. The topological polar surface area (TPSA) is 66.5 Å². The molecule has 1 aliphatic heterocycles. The van der Waals surface area contributed by atoms with Crippen LogP contribution in [0, 0.1) is 0 Å². The predicted octanol–water partition coefficient (Wildman–Crippen LogP) is 1.69. The SMILES string of the molecule is COc1ccc(NC(=O)N[C@@H]2CCN(C(C)C)C2)cn1. The Bertz CT molecular complexity index is 447. The zero-order valence-corrected chi connectivity index (χ0v) is 12.2. The van der Waals surface area contributed by atoms with E-state index in [0.29, 0.717) is 17.6 Å². The molecule has 1 atom stereocenters. The number of nitrogens with zero attached hydrogens (tertiary/aromatic N) is 2. The second-order valence-corrected chi connectivity index (χ2v) is 5.26. The van der Waals surface area contributed by atoms with Crippen molar-refractivity contribution in [1.82, 2.24) is 15.2 Å². The number of anilines is 1. The molecule has 0 unspecified atom stereocenters. The molecular formula is C14H22N4O2. The van der Waals surface area contributed by atoms with Crippen LogP contribution in [0.4, 0.5) is 10.5 Å². The third kappa shape index (κ3) is 3.84. The van der Waals surface area contributed by atoms with Gasteiger partial charge in [-0.25, -0.2) is 9.78 Å². The van der Waals surface area contributed by atoms with E-state index < -0.39 is 0 Å². The average molecular weight is 278 g/mol. The minimum absolute atomic E-state index is 0.187. The summed E-state index contributed by atoms with van der Waals surface area (Å²) >= 11 is 0. The monoisotopic (exact) mass is 278 g/mol. The summed E-state index contributed by atoms with van der Waals surface area (Å²) in [5, 5.41) is 5.77. The molecule has 0 aliphatic carbocycles. The van der Waals surface area contributed by atoms with E-state index in [1.54, 1.807) is 25.4 Å². The van der Waals surface area contributed by atoms with Crippen LogP contribution < -0.4 is 15.4 Å². The maximum absolute atomic E-state index is 11.9. The van der Waals surface area contributed by atoms with E-state index in [1.165, 1.54) is 0 Å². The van der Waals surface area contributed by atoms with Crippen molar-refractivity contribution in [3.05, 3.63) is 18.3 Å². The van der Waals surface area contributed by atoms with Crippen LogP contribution in [0.25, 0.3) is 0 Å². The lowest BCUT2D eigenvalue weighted by Crippen LogP contribution is -2.40. The number of amides is 2. The molecule has 2 amide bonds. The number of methoxy groups -OCH3 is 1. The fourth-order valence-corrected chi connectivity index (χ4v) is 2.30. The smallest absolute Gasteiger partial charge is 0.319 e. The van der Waals surface area contributed by atoms with Gasteiger partial charge in [0.1, 0.15) is 0 Å². The quantitative estimate of drug-likeness (QED) is 0.879. The van der Waals surface area contributed by atoms with Gasteiger partial charge in [0, 0.05) is 31.2 Å². The molecule has 2 heterocycles. The van der Waals surface area contributed by atoms with Crippen molar-refractivity contribution in [3.63, 3.8) is 0 Å². The molecule has 1 saturated heterocycles. The molecule has 1 aromatic heterocycles. The van der Waals surface area contributed by atoms with Gasteiger partial charge in [0.15, 0.2) is 0 Å². The molecule has 1 fully saturated rings. The largest absolute Gasteiger partial charge is 0.481 e. The first-order valence-corrected chi connectivity index (χ1v) is 6.90. The molecule has 0 aromatic carbocycles. The van der Waals surface area contributed by atoms with E-state index in [9.17, 15) is 4.79 Å². The first kappa shape index (κ1) is 14.6. The Morgan fingerprint density at radius 1 is 1.50 bits per heavy atom. The summed E-state index contributed by atoms with van der Waals surface area (Å²) in [6, 6.07) is 4.03. The van der Waals surface area contributed by atoms with Gasteiger partial charge in [-0.3, -0.25) is 4.90 Å². The second kappa shape index (κ2) is 6.56. The molecule has 1 aromatic rings. The van der Waals surface area contributed by atoms with Gasteiger partial charge in [0.05, 0.1) is 19.0 Å². The maximum atomic E-state index is 11.9. The Balaban J connectivity index is 1.80. The number of ether oxygens (including phenoxy) is 1. The number of carbonyl (C=O) groups excluding carboxylic acids is 1. The highest BCUT2D eigenvalue weighted by Crippen LogP contribution is 2.13. The van der Waals surface area contributed by atoms with Gasteiger partial charge < -0.3 is 15.4 Å². The number of pyridine rings is 1. The third-order valence-corrected chi connectivity index (χ3v) is 3.49. The lowest BCUT2D eigenvalue weighted by atomic mass is 10.3. The first-order chi connectivity index (χ1) is 9.58. The average Bonchev–Trinajstić information content (AvgIpc) is 2.88. The van der Waals surface area contributed by atoms with Gasteiger partial charge in [0.25, 0.3) is 0 Å². The summed E-state index contributed by atoms with van der Waals surface area (Å²) in [5.74, 6) is 0.527. The van der Waals surface area contributed by atoms with Crippen molar-refractivity contribution in [2.24, 2.45) is 0 Å². The molecule has 0 saturated carbocycles. The number of rotatable bonds is 4. The maximum Gasteiger partial charge on any atom is 0.319 e. The van der Waals surface area contributed by atoms with Crippen LogP contribution in [0.1, 0.15) is 20.3 Å². The summed E-state index contributed by atoms with van der Waals surface area (Å²) in [4.78, 5) is 18.3. The van der Waals surface area contributed by atoms with Gasteiger partial charge >= 0.3 is 6.03 Å². The van der Waals surface area contributed by atoms with Gasteiger partial charge in [-0.2, -0.15) is 0 Å². The fourth-order valence-electron chi connectivity index (χ4n) is 2.30. The normalized spacial score (nSPS) is 19.1. The standard InChI is InChI=1S/C14H22N4O2/c1-10(2)18-7-6-12(9-18)17-14(19)16-11-4-5-13(20-3)15-8-11/h4-5,8,10,12H,6-7,9H2,1-3H3,(H2,16,17,19)/t12-/m1/s1. The van der Waals surface area contributed by atoms with E-state index in [2.05, 4.69) is 34.4 Å². The first-order valence-electron chi connectivity index (χ1n) is 6.90. The van der Waals surface area contributed by atoms with Crippen molar-refractivity contribution < 1.29 is 9.53 Å². The highest BCUT2D eigenvalue weighted by Gasteiger charge is 2.25. The lowest BCUT2D eigenvalue weighted by molar-refractivity contribution is 0.244. The van der Waals surface area contributed by atoms with Crippen LogP contribution in [-0.2, 0) is 0 Å². The number of likely N-dealkylation sites (tertiary alicyclic amines) is 1. The van der Waals surface area contributed by atoms with Crippen LogP contribution in [0.3, 0.4) is 0 Å². The number of hydrogen-bond donors (Lipinski definition) is 2. The molecule has 1 aliphatic rings. The van der Waals surface area contributed by atoms with Crippen molar-refractivity contribution in [1.29, 1.82) is 0 Å². The minimum Gasteiger partial charge on any atom is -0.481 e. The van der Waals surface area contributed by atoms with E-state index in [0.717, 1.165) is 19.5 Å². The Kier molecular flexibility index (Phi) is 4.79. The molecular weight excluding hydrogens is 256 g/mol. The zero-order chi connectivity index (χ0) is 14.5. The molecule has 20 heavy (non-hydrogen) atoms. The highest BCUT2D eigenvalue weighted by atomic mass is 16.5. The Hall–Kier alpha value is -1.82. The predicted molar refractivity (Wildman–Crippen MR) is 78.1 cm³/mol. The van der Waals surface area contributed by atoms with Crippen molar-refractivity contribution >= 4 is 11.7 Å². The number of nitrogens with one attached hydrogen (secondary N) is 2. The number of aromatic nitrogens is 1. The van der Waals surface area contributed by atoms with Crippen molar-refractivity contribution in [2.45, 2.75) is 32.4 Å². The Morgan fingerprint density at radius 2 is 2.30 bits per heavy atom. The summed E-state index contributed by atoms with van der Waals surface area (Å²) in [5.41, 5.74) is 0.655. The third-order valence-electron chi connectivity index (χ3n) is 3.49. The van der Waals surface area contributed by atoms with Crippen LogP contribution in [0.15, 0.2) is 18.3 Å². The summed E-state index contributed by atoms with van der Waals surface area (Å²) in [6.07, 6.45) is 2.57. The lowest BCUT2D eigenvalue weighted by Gasteiger charge is -2.20. The molecule has 2 N–H and O–H groups in total. The van der Waals surface area contributed by atoms with Crippen LogP contribution in [0.2, 0.25) is 0 Å². The summed E-state index contributed by atoms with van der Waals surface area (Å²) < 4.78 is 4.97. The summed E-state index contributed by atoms with van der Waals surface area (Å²) in [7, 11) is 1.56. The molecule has 0 radical (unpaired) electrons. The van der Waals surface area contributed by atoms with Crippen molar-refractivity contribution in [3.8, 4) is 5.88 Å². The number of hydrogen-bond acceptors (Lipinski definition) is 4. The van der Waals surface area contributed by atoms with Crippen LogP contribution >= 0.6 is 0 Å². The van der Waals surface area contributed by atoms with Gasteiger partial charge in [-0.15, -0.1) is 0 Å². The number of urea groups is 1. The van der Waals surface area contributed by atoms with Gasteiger partial charge in [-0.1, -0.05) is 0 Å². The van der Waals surface area contributed by atoms with E-state index in [-0.39, 0.29) is 12.1 Å². The van der Waals surface area contributed by atoms with Gasteiger partial charge in [0.2, 0.25) is 5.88 Å². The molecule has 6 nitrogen and oxygen atoms in total. The molecule has 110 valence electrons. The summed E-state index contributed by atoms with van der Waals surface area (Å²) in [6.45, 7) is 6.29. The van der Waals surface area contributed by atoms with Crippen LogP contribution in [0.5, 0.6) is 5.88 Å². The molecule has 6 heteroatoms. The molecule has 0 bridgehead atoms. The van der Waals surface area contributed by atoms with Gasteiger partial charge in [-0.05, 0) is 26.3 Å². The van der Waals surface area contributed by atoms with E-state index >= 15 is 0 Å². The van der Waals surface area contributed by atoms with Crippen molar-refractivity contribution in [2.75, 3.05) is 25.5 Å². The highest BCUT2D eigenvalue weighted by molar-refractivity contribution is 5.89. The Morgan fingerprint density at radius 3 is 2.85 bits per heavy atom. The Labute approximate surface area is 119 Å². The fraction of sp³-hybridized carbons (Fsp3) is 0.571. The molecule has 0 spiro atoms.